The molecule has 0 atom stereocenters. The maximum atomic E-state index is 12.9. The zero-order valence-corrected chi connectivity index (χ0v) is 26.2. The lowest BCUT2D eigenvalue weighted by Gasteiger charge is -2.26. The number of para-hydroxylation sites is 1. The van der Waals surface area contributed by atoms with Crippen LogP contribution < -0.4 is 26.0 Å². The zero-order chi connectivity index (χ0) is 30.1. The minimum Gasteiger partial charge on any atom is -0.494 e. The van der Waals surface area contributed by atoms with Crippen molar-refractivity contribution in [3.8, 4) is 5.75 Å². The van der Waals surface area contributed by atoms with Crippen LogP contribution in [-0.4, -0.2) is 80.2 Å². The van der Waals surface area contributed by atoms with Crippen LogP contribution in [0.4, 0.5) is 28.8 Å². The van der Waals surface area contributed by atoms with Gasteiger partial charge in [0, 0.05) is 31.4 Å². The number of rotatable bonds is 12. The number of anilines is 5. The first-order chi connectivity index (χ1) is 20.2. The summed E-state index contributed by atoms with van der Waals surface area (Å²) < 4.78 is 36.7. The van der Waals surface area contributed by atoms with Gasteiger partial charge in [-0.05, 0) is 63.3 Å². The van der Waals surface area contributed by atoms with Crippen LogP contribution in [-0.2, 0) is 14.6 Å². The number of thiocarbonyl (C=S) groups is 1. The molecule has 0 radical (unpaired) electrons. The van der Waals surface area contributed by atoms with Gasteiger partial charge in [-0.2, -0.15) is 4.98 Å². The number of benzene rings is 2. The molecule has 14 heteroatoms. The number of morpholine rings is 1. The van der Waals surface area contributed by atoms with Crippen molar-refractivity contribution in [1.29, 1.82) is 0 Å². The van der Waals surface area contributed by atoms with Crippen molar-refractivity contribution in [3.05, 3.63) is 53.7 Å². The highest BCUT2D eigenvalue weighted by Gasteiger charge is 2.23. The van der Waals surface area contributed by atoms with Crippen molar-refractivity contribution >= 4 is 67.6 Å². The Bertz CT molecular complexity index is 1480. The second kappa shape index (κ2) is 14.8. The van der Waals surface area contributed by atoms with Gasteiger partial charge in [0.25, 0.3) is 0 Å². The fourth-order valence-corrected chi connectivity index (χ4v) is 5.77. The Morgan fingerprint density at radius 2 is 1.90 bits per heavy atom. The summed E-state index contributed by atoms with van der Waals surface area (Å²) in [5, 5.41) is 12.8. The predicted octanol–water partition coefficient (Wildman–Crippen LogP) is 4.82. The third-order valence-corrected chi connectivity index (χ3v) is 9.29. The molecule has 4 N–H and O–H groups in total. The van der Waals surface area contributed by atoms with E-state index in [1.807, 2.05) is 18.2 Å². The van der Waals surface area contributed by atoms with E-state index in [0.29, 0.717) is 22.2 Å². The molecule has 1 fully saturated rings. The molecular weight excluding hydrogens is 598 g/mol. The van der Waals surface area contributed by atoms with Gasteiger partial charge in [-0.25, -0.2) is 13.4 Å². The second-order valence-corrected chi connectivity index (χ2v) is 13.1. The molecule has 3 aromatic rings. The van der Waals surface area contributed by atoms with Gasteiger partial charge >= 0.3 is 0 Å². The number of sulfone groups is 1. The largest absolute Gasteiger partial charge is 0.494 e. The van der Waals surface area contributed by atoms with Gasteiger partial charge in [0.05, 0.1) is 48.0 Å². The lowest BCUT2D eigenvalue weighted by Crippen LogP contribution is -2.38. The van der Waals surface area contributed by atoms with E-state index >= 15 is 0 Å². The van der Waals surface area contributed by atoms with Crippen LogP contribution in [0.1, 0.15) is 20.3 Å². The molecule has 42 heavy (non-hydrogen) atoms. The number of hydrogen-bond donors (Lipinski definition) is 4. The third-order valence-electron chi connectivity index (χ3n) is 6.56. The maximum absolute atomic E-state index is 12.9. The molecule has 2 heterocycles. The van der Waals surface area contributed by atoms with Crippen LogP contribution in [0.5, 0.6) is 5.75 Å². The van der Waals surface area contributed by atoms with Gasteiger partial charge in [0.2, 0.25) is 5.95 Å². The third kappa shape index (κ3) is 8.42. The summed E-state index contributed by atoms with van der Waals surface area (Å²) in [5.74, 6) is 1.03. The van der Waals surface area contributed by atoms with E-state index in [9.17, 15) is 8.42 Å². The van der Waals surface area contributed by atoms with Crippen LogP contribution in [0, 0.1) is 0 Å². The summed E-state index contributed by atoms with van der Waals surface area (Å²) in [6.07, 6.45) is 2.41. The Hall–Kier alpha value is -3.23. The van der Waals surface area contributed by atoms with E-state index in [1.54, 1.807) is 45.2 Å². The zero-order valence-electron chi connectivity index (χ0n) is 23.8. The topological polar surface area (TPSA) is 130 Å². The van der Waals surface area contributed by atoms with Gasteiger partial charge in [0.15, 0.2) is 20.8 Å². The predicted molar refractivity (Wildman–Crippen MR) is 171 cm³/mol. The van der Waals surface area contributed by atoms with Gasteiger partial charge in [0.1, 0.15) is 10.8 Å². The van der Waals surface area contributed by atoms with Gasteiger partial charge in [-0.1, -0.05) is 23.7 Å². The second-order valence-electron chi connectivity index (χ2n) is 9.83. The number of nitrogens with one attached hydrogen (secondary N) is 4. The van der Waals surface area contributed by atoms with Gasteiger partial charge < -0.3 is 30.7 Å². The minimum absolute atomic E-state index is 0.165. The Morgan fingerprint density at radius 3 is 2.64 bits per heavy atom. The summed E-state index contributed by atoms with van der Waals surface area (Å²) in [7, 11) is -1.98. The Morgan fingerprint density at radius 1 is 1.14 bits per heavy atom. The van der Waals surface area contributed by atoms with Crippen molar-refractivity contribution in [3.63, 3.8) is 0 Å². The Kier molecular flexibility index (Phi) is 11.2. The van der Waals surface area contributed by atoms with Crippen LogP contribution in [0.3, 0.4) is 0 Å². The molecule has 1 saturated heterocycles. The molecule has 11 nitrogen and oxygen atoms in total. The van der Waals surface area contributed by atoms with E-state index in [1.165, 1.54) is 6.20 Å². The molecule has 226 valence electrons. The summed E-state index contributed by atoms with van der Waals surface area (Å²) in [4.78, 5) is 11.3. The van der Waals surface area contributed by atoms with E-state index in [0.717, 1.165) is 51.5 Å². The highest BCUT2D eigenvalue weighted by Crippen LogP contribution is 2.33. The van der Waals surface area contributed by atoms with Gasteiger partial charge in [-0.15, -0.1) is 0 Å². The molecule has 2 aromatic carbocycles. The van der Waals surface area contributed by atoms with E-state index in [4.69, 9.17) is 33.3 Å². The Labute approximate surface area is 257 Å². The summed E-state index contributed by atoms with van der Waals surface area (Å²) in [6, 6.07) is 12.1. The van der Waals surface area contributed by atoms with E-state index in [2.05, 4.69) is 36.1 Å². The van der Waals surface area contributed by atoms with Crippen LogP contribution in [0.2, 0.25) is 5.02 Å². The quantitative estimate of drug-likeness (QED) is 0.161. The van der Waals surface area contributed by atoms with Crippen molar-refractivity contribution in [2.75, 3.05) is 62.5 Å². The molecule has 1 aliphatic rings. The first-order valence-electron chi connectivity index (χ1n) is 13.6. The lowest BCUT2D eigenvalue weighted by atomic mass is 10.2. The standard InChI is InChI=1S/C28H36ClN7O4S2/c1-19(2)42(37,38)25-8-5-4-7-23(25)33-26-21(29)18-31-27(35-26)34-22-10-9-20(17-24(22)39-3)32-28(41)30-11-6-12-36-13-15-40-16-14-36/h4-5,7-10,17-19H,6,11-16H2,1-3H3,(H2,30,32,41)(H2,31,33,34,35). The fourth-order valence-electron chi connectivity index (χ4n) is 4.21. The molecule has 0 saturated carbocycles. The fraction of sp³-hybridized carbons (Fsp3) is 0.393. The van der Waals surface area contributed by atoms with Gasteiger partial charge in [-0.3, -0.25) is 4.90 Å². The SMILES string of the molecule is COc1cc(NC(=S)NCCCN2CCOCC2)ccc1Nc1ncc(Cl)c(Nc2ccccc2S(=O)(=O)C(C)C)n1. The number of halogens is 1. The molecule has 0 spiro atoms. The molecule has 0 amide bonds. The summed E-state index contributed by atoms with van der Waals surface area (Å²) in [6.45, 7) is 8.56. The summed E-state index contributed by atoms with van der Waals surface area (Å²) in [5.41, 5.74) is 1.74. The van der Waals surface area contributed by atoms with Crippen molar-refractivity contribution in [2.45, 2.75) is 30.4 Å². The highest BCUT2D eigenvalue weighted by molar-refractivity contribution is 7.92. The minimum atomic E-state index is -3.54. The van der Waals surface area contributed by atoms with Crippen LogP contribution in [0.15, 0.2) is 53.6 Å². The molecular formula is C28H36ClN7O4S2. The number of methoxy groups -OCH3 is 1. The average Bonchev–Trinajstić information content (AvgIpc) is 2.98. The first kappa shape index (κ1) is 31.7. The normalized spacial score (nSPS) is 13.9. The first-order valence-corrected chi connectivity index (χ1v) is 15.9. The monoisotopic (exact) mass is 633 g/mol. The number of nitrogens with zero attached hydrogens (tertiary/aromatic N) is 3. The van der Waals surface area contributed by atoms with E-state index < -0.39 is 15.1 Å². The van der Waals surface area contributed by atoms with Crippen LogP contribution in [0.25, 0.3) is 0 Å². The van der Waals surface area contributed by atoms with E-state index in [-0.39, 0.29) is 21.7 Å². The lowest BCUT2D eigenvalue weighted by molar-refractivity contribution is 0.0376. The average molecular weight is 634 g/mol. The molecule has 0 bridgehead atoms. The molecule has 0 unspecified atom stereocenters. The van der Waals surface area contributed by atoms with Crippen molar-refractivity contribution in [2.24, 2.45) is 0 Å². The number of hydrogen-bond acceptors (Lipinski definition) is 10. The summed E-state index contributed by atoms with van der Waals surface area (Å²) >= 11 is 11.8. The van der Waals surface area contributed by atoms with Crippen molar-refractivity contribution in [1.82, 2.24) is 20.2 Å². The highest BCUT2D eigenvalue weighted by atomic mass is 35.5. The van der Waals surface area contributed by atoms with Crippen LogP contribution >= 0.6 is 23.8 Å². The molecule has 0 aliphatic carbocycles. The molecule has 1 aliphatic heterocycles. The maximum Gasteiger partial charge on any atom is 0.229 e. The number of ether oxygens (including phenoxy) is 2. The number of aromatic nitrogens is 2. The molecule has 1 aromatic heterocycles. The van der Waals surface area contributed by atoms with Crippen molar-refractivity contribution < 1.29 is 17.9 Å². The smallest absolute Gasteiger partial charge is 0.229 e. The molecule has 4 rings (SSSR count). The Balaban J connectivity index is 1.40.